The number of hydrogen-bond donors (Lipinski definition) is 0. The second-order valence-electron chi connectivity index (χ2n) is 7.61. The molecule has 1 aliphatic rings. The standard InChI is InChI=1S/C24H21ClN2O4S/c1-17-7-9-18(10-8-17)16-26(32(30,31)21-13-11-19(25)12-14-21)22-15-23(28)27(24(22)29)20-5-3-2-4-6-20/h2-14,22H,15-16H2,1H3. The second-order valence-corrected chi connectivity index (χ2v) is 9.94. The van der Waals surface area contributed by atoms with Gasteiger partial charge in [0.1, 0.15) is 6.04 Å². The van der Waals surface area contributed by atoms with E-state index in [4.69, 9.17) is 11.6 Å². The summed E-state index contributed by atoms with van der Waals surface area (Å²) in [5.74, 6) is -1.00. The van der Waals surface area contributed by atoms with Gasteiger partial charge in [0, 0.05) is 11.6 Å². The first kappa shape index (κ1) is 22.2. The van der Waals surface area contributed by atoms with Crippen LogP contribution in [0.15, 0.2) is 83.8 Å². The third kappa shape index (κ3) is 4.32. The molecule has 3 aromatic carbocycles. The summed E-state index contributed by atoms with van der Waals surface area (Å²) < 4.78 is 28.3. The molecule has 1 heterocycles. The van der Waals surface area contributed by atoms with E-state index in [1.54, 1.807) is 30.3 Å². The molecule has 1 aliphatic heterocycles. The van der Waals surface area contributed by atoms with E-state index in [-0.39, 0.29) is 17.9 Å². The zero-order chi connectivity index (χ0) is 22.9. The lowest BCUT2D eigenvalue weighted by atomic mass is 10.1. The third-order valence-corrected chi connectivity index (χ3v) is 7.48. The lowest BCUT2D eigenvalue weighted by Crippen LogP contribution is -2.45. The van der Waals surface area contributed by atoms with Gasteiger partial charge in [0.25, 0.3) is 5.91 Å². The first-order chi connectivity index (χ1) is 15.3. The molecule has 6 nitrogen and oxygen atoms in total. The predicted octanol–water partition coefficient (Wildman–Crippen LogP) is 4.17. The van der Waals surface area contributed by atoms with Gasteiger partial charge in [0.05, 0.1) is 17.0 Å². The Kier molecular flexibility index (Phi) is 6.15. The summed E-state index contributed by atoms with van der Waals surface area (Å²) >= 11 is 5.93. The molecule has 4 rings (SSSR count). The molecule has 3 aromatic rings. The van der Waals surface area contributed by atoms with Gasteiger partial charge in [-0.2, -0.15) is 4.31 Å². The van der Waals surface area contributed by atoms with Crippen LogP contribution in [0.4, 0.5) is 5.69 Å². The van der Waals surface area contributed by atoms with Crippen LogP contribution in [0.2, 0.25) is 5.02 Å². The van der Waals surface area contributed by atoms with Crippen molar-refractivity contribution in [3.8, 4) is 0 Å². The van der Waals surface area contributed by atoms with E-state index in [2.05, 4.69) is 0 Å². The highest BCUT2D eigenvalue weighted by Crippen LogP contribution is 2.31. The first-order valence-electron chi connectivity index (χ1n) is 10.0. The molecule has 8 heteroatoms. The average molecular weight is 469 g/mol. The number of nitrogens with zero attached hydrogens (tertiary/aromatic N) is 2. The van der Waals surface area contributed by atoms with Crippen molar-refractivity contribution in [3.63, 3.8) is 0 Å². The zero-order valence-corrected chi connectivity index (χ0v) is 18.9. The maximum absolute atomic E-state index is 13.6. The normalized spacial score (nSPS) is 16.7. The number of aryl methyl sites for hydroxylation is 1. The fraction of sp³-hybridized carbons (Fsp3) is 0.167. The molecule has 0 radical (unpaired) electrons. The fourth-order valence-corrected chi connectivity index (χ4v) is 5.36. The number of carbonyl (C=O) groups is 2. The number of anilines is 1. The van der Waals surface area contributed by atoms with Gasteiger partial charge in [-0.05, 0) is 48.9 Å². The molecule has 0 aliphatic carbocycles. The van der Waals surface area contributed by atoms with Crippen LogP contribution >= 0.6 is 11.6 Å². The highest BCUT2D eigenvalue weighted by atomic mass is 35.5. The molecule has 0 saturated carbocycles. The monoisotopic (exact) mass is 468 g/mol. The molecule has 1 unspecified atom stereocenters. The third-order valence-electron chi connectivity index (χ3n) is 5.36. The smallest absolute Gasteiger partial charge is 0.252 e. The zero-order valence-electron chi connectivity index (χ0n) is 17.3. The van der Waals surface area contributed by atoms with E-state index in [1.807, 2.05) is 31.2 Å². The molecule has 1 fully saturated rings. The Bertz CT molecular complexity index is 1240. The maximum atomic E-state index is 13.6. The second kappa shape index (κ2) is 8.86. The largest absolute Gasteiger partial charge is 0.274 e. The van der Waals surface area contributed by atoms with Crippen LogP contribution < -0.4 is 4.90 Å². The molecule has 1 saturated heterocycles. The van der Waals surface area contributed by atoms with E-state index >= 15 is 0 Å². The quantitative estimate of drug-likeness (QED) is 0.509. The molecular weight excluding hydrogens is 448 g/mol. The van der Waals surface area contributed by atoms with Crippen LogP contribution in [-0.4, -0.2) is 30.6 Å². The Morgan fingerprint density at radius 3 is 2.19 bits per heavy atom. The molecule has 164 valence electrons. The van der Waals surface area contributed by atoms with Gasteiger partial charge in [-0.15, -0.1) is 0 Å². The minimum atomic E-state index is -4.10. The molecule has 32 heavy (non-hydrogen) atoms. The molecule has 0 N–H and O–H groups in total. The van der Waals surface area contributed by atoms with E-state index in [0.29, 0.717) is 16.3 Å². The summed E-state index contributed by atoms with van der Waals surface area (Å²) in [6.07, 6.45) is -0.230. The van der Waals surface area contributed by atoms with Gasteiger partial charge in [0.15, 0.2) is 0 Å². The molecule has 0 bridgehead atoms. The van der Waals surface area contributed by atoms with E-state index in [1.165, 1.54) is 24.3 Å². The molecular formula is C24H21ClN2O4S. The van der Waals surface area contributed by atoms with Crippen LogP contribution in [0.25, 0.3) is 0 Å². The molecule has 1 atom stereocenters. The SMILES string of the molecule is Cc1ccc(CN(C2CC(=O)N(c3ccccc3)C2=O)S(=O)(=O)c2ccc(Cl)cc2)cc1. The van der Waals surface area contributed by atoms with E-state index in [9.17, 15) is 18.0 Å². The van der Waals surface area contributed by atoms with Crippen molar-refractivity contribution in [1.29, 1.82) is 0 Å². The Balaban J connectivity index is 1.75. The Morgan fingerprint density at radius 1 is 0.938 bits per heavy atom. The number of hydrogen-bond acceptors (Lipinski definition) is 4. The minimum absolute atomic E-state index is 0.00687. The number of carbonyl (C=O) groups excluding carboxylic acids is 2. The van der Waals surface area contributed by atoms with Crippen LogP contribution in [-0.2, 0) is 26.2 Å². The van der Waals surface area contributed by atoms with Crippen molar-refractivity contribution < 1.29 is 18.0 Å². The van der Waals surface area contributed by atoms with Crippen molar-refractivity contribution >= 4 is 39.1 Å². The van der Waals surface area contributed by atoms with E-state index < -0.39 is 27.9 Å². The van der Waals surface area contributed by atoms with Gasteiger partial charge < -0.3 is 0 Å². The predicted molar refractivity (Wildman–Crippen MR) is 123 cm³/mol. The molecule has 0 aromatic heterocycles. The summed E-state index contributed by atoms with van der Waals surface area (Å²) in [7, 11) is -4.10. The minimum Gasteiger partial charge on any atom is -0.274 e. The number of amides is 2. The summed E-state index contributed by atoms with van der Waals surface area (Å²) in [4.78, 5) is 27.2. The Labute approximate surface area is 192 Å². The summed E-state index contributed by atoms with van der Waals surface area (Å²) in [6.45, 7) is 1.89. The van der Waals surface area contributed by atoms with Crippen LogP contribution in [0.1, 0.15) is 17.5 Å². The van der Waals surface area contributed by atoms with Gasteiger partial charge in [-0.1, -0.05) is 59.6 Å². The van der Waals surface area contributed by atoms with Crippen molar-refractivity contribution in [2.75, 3.05) is 4.90 Å². The number of imide groups is 1. The average Bonchev–Trinajstić information content (AvgIpc) is 3.07. The van der Waals surface area contributed by atoms with E-state index in [0.717, 1.165) is 14.8 Å². The van der Waals surface area contributed by atoms with Gasteiger partial charge in [-0.25, -0.2) is 13.3 Å². The van der Waals surface area contributed by atoms with Crippen molar-refractivity contribution in [1.82, 2.24) is 4.31 Å². The Hall–Kier alpha value is -3.00. The van der Waals surface area contributed by atoms with Crippen molar-refractivity contribution in [3.05, 3.63) is 95.0 Å². The summed E-state index contributed by atoms with van der Waals surface area (Å²) in [5, 5.41) is 0.399. The highest BCUT2D eigenvalue weighted by molar-refractivity contribution is 7.89. The lowest BCUT2D eigenvalue weighted by molar-refractivity contribution is -0.122. The number of halogens is 1. The number of benzene rings is 3. The van der Waals surface area contributed by atoms with Crippen LogP contribution in [0.5, 0.6) is 0 Å². The molecule has 0 spiro atoms. The fourth-order valence-electron chi connectivity index (χ4n) is 3.67. The number of para-hydroxylation sites is 1. The van der Waals surface area contributed by atoms with Crippen LogP contribution in [0, 0.1) is 6.92 Å². The van der Waals surface area contributed by atoms with Crippen LogP contribution in [0.3, 0.4) is 0 Å². The molecule has 2 amide bonds. The van der Waals surface area contributed by atoms with Gasteiger partial charge in [-0.3, -0.25) is 9.59 Å². The highest BCUT2D eigenvalue weighted by Gasteiger charge is 2.46. The van der Waals surface area contributed by atoms with Gasteiger partial charge in [0.2, 0.25) is 15.9 Å². The first-order valence-corrected chi connectivity index (χ1v) is 11.8. The number of sulfonamides is 1. The topological polar surface area (TPSA) is 74.8 Å². The van der Waals surface area contributed by atoms with Crippen molar-refractivity contribution in [2.45, 2.75) is 30.8 Å². The van der Waals surface area contributed by atoms with Crippen molar-refractivity contribution in [2.24, 2.45) is 0 Å². The lowest BCUT2D eigenvalue weighted by Gasteiger charge is -2.27. The van der Waals surface area contributed by atoms with Gasteiger partial charge >= 0.3 is 0 Å². The maximum Gasteiger partial charge on any atom is 0.252 e. The summed E-state index contributed by atoms with van der Waals surface area (Å²) in [5.41, 5.74) is 2.17. The Morgan fingerprint density at radius 2 is 1.56 bits per heavy atom. The number of rotatable bonds is 6. The summed E-state index contributed by atoms with van der Waals surface area (Å²) in [6, 6.07) is 20.5.